The van der Waals surface area contributed by atoms with Crippen molar-refractivity contribution >= 4 is 5.97 Å². The van der Waals surface area contributed by atoms with Gasteiger partial charge in [-0.3, -0.25) is 4.79 Å². The van der Waals surface area contributed by atoms with Gasteiger partial charge in [-0.25, -0.2) is 0 Å². The number of aliphatic hydroxyl groups is 1. The third kappa shape index (κ3) is 1.21. The number of hydrogen-bond acceptors (Lipinski definition) is 2. The normalized spacial score (nSPS) is 54.2. The highest BCUT2D eigenvalue weighted by Gasteiger charge is 2.64. The van der Waals surface area contributed by atoms with Gasteiger partial charge in [0, 0.05) is 0 Å². The van der Waals surface area contributed by atoms with Crippen LogP contribution in [-0.4, -0.2) is 21.8 Å². The van der Waals surface area contributed by atoms with E-state index in [4.69, 9.17) is 0 Å². The Hall–Kier alpha value is -0.570. The Bertz CT molecular complexity index is 353. The van der Waals surface area contributed by atoms with Crippen LogP contribution in [0.4, 0.5) is 0 Å². The molecule has 4 atom stereocenters. The van der Waals surface area contributed by atoms with Crippen LogP contribution in [0.25, 0.3) is 0 Å². The molecule has 4 rings (SSSR count). The summed E-state index contributed by atoms with van der Waals surface area (Å²) >= 11 is 0. The number of rotatable bonds is 2. The van der Waals surface area contributed by atoms with E-state index >= 15 is 0 Å². The molecule has 0 aromatic rings. The smallest absolute Gasteiger partial charge is 0.309 e. The molecule has 3 heteroatoms. The van der Waals surface area contributed by atoms with Gasteiger partial charge in [-0.1, -0.05) is 13.3 Å². The summed E-state index contributed by atoms with van der Waals surface area (Å²) in [4.78, 5) is 11.5. The van der Waals surface area contributed by atoms with Crippen LogP contribution in [-0.2, 0) is 4.79 Å². The zero-order chi connectivity index (χ0) is 11.6. The summed E-state index contributed by atoms with van der Waals surface area (Å²) in [5, 5.41) is 20.0. The second kappa shape index (κ2) is 2.81. The number of aliphatic carboxylic acids is 1. The largest absolute Gasteiger partial charge is 0.481 e. The first-order chi connectivity index (χ1) is 7.41. The van der Waals surface area contributed by atoms with E-state index in [2.05, 4.69) is 6.92 Å². The minimum absolute atomic E-state index is 0.118. The summed E-state index contributed by atoms with van der Waals surface area (Å²) < 4.78 is 0. The average molecular weight is 224 g/mol. The number of carbonyl (C=O) groups is 1. The summed E-state index contributed by atoms with van der Waals surface area (Å²) in [5.41, 5.74) is -1.16. The molecule has 4 aliphatic rings. The molecule has 0 heterocycles. The molecule has 4 fully saturated rings. The van der Waals surface area contributed by atoms with Crippen molar-refractivity contribution < 1.29 is 15.0 Å². The summed E-state index contributed by atoms with van der Waals surface area (Å²) in [6, 6.07) is 0. The molecular weight excluding hydrogens is 204 g/mol. The van der Waals surface area contributed by atoms with Crippen molar-refractivity contribution in [2.45, 2.75) is 57.5 Å². The van der Waals surface area contributed by atoms with Gasteiger partial charge in [-0.05, 0) is 49.9 Å². The highest BCUT2D eigenvalue weighted by Crippen LogP contribution is 2.67. The summed E-state index contributed by atoms with van der Waals surface area (Å²) in [7, 11) is 0. The van der Waals surface area contributed by atoms with E-state index in [-0.39, 0.29) is 5.41 Å². The van der Waals surface area contributed by atoms with E-state index < -0.39 is 17.0 Å². The molecule has 0 spiro atoms. The Balaban J connectivity index is 2.04. The third-order valence-corrected chi connectivity index (χ3v) is 5.36. The van der Waals surface area contributed by atoms with Crippen LogP contribution in [0, 0.1) is 16.7 Å². The summed E-state index contributed by atoms with van der Waals surface area (Å²) in [5.74, 6) is -0.231. The first kappa shape index (κ1) is 10.6. The summed E-state index contributed by atoms with van der Waals surface area (Å²) in [6.45, 7) is 2.14. The van der Waals surface area contributed by atoms with Crippen LogP contribution in [0.2, 0.25) is 0 Å². The number of carboxylic acid groups (broad SMARTS) is 1. The monoisotopic (exact) mass is 224 g/mol. The molecule has 16 heavy (non-hydrogen) atoms. The standard InChI is InChI=1S/C13H20O3/c1-2-11-3-9-4-12(6-11,10(14)15)8-13(16,5-9)7-11/h9,16H,2-8H2,1H3,(H,14,15)/t9-,11-,12-,13-/m1/s1. The minimum Gasteiger partial charge on any atom is -0.481 e. The first-order valence-corrected chi connectivity index (χ1v) is 6.37. The van der Waals surface area contributed by atoms with Gasteiger partial charge in [0.05, 0.1) is 11.0 Å². The topological polar surface area (TPSA) is 57.5 Å². The molecule has 0 amide bonds. The van der Waals surface area contributed by atoms with Gasteiger partial charge in [0.15, 0.2) is 0 Å². The number of carboxylic acids is 1. The second-order valence-electron chi connectivity index (χ2n) is 6.67. The Morgan fingerprint density at radius 1 is 1.25 bits per heavy atom. The van der Waals surface area contributed by atoms with Gasteiger partial charge >= 0.3 is 5.97 Å². The summed E-state index contributed by atoms with van der Waals surface area (Å²) in [6.07, 6.45) is 5.91. The lowest BCUT2D eigenvalue weighted by molar-refractivity contribution is -0.213. The molecule has 4 saturated carbocycles. The van der Waals surface area contributed by atoms with E-state index in [1.807, 2.05) is 0 Å². The Morgan fingerprint density at radius 2 is 2.00 bits per heavy atom. The maximum absolute atomic E-state index is 11.5. The van der Waals surface area contributed by atoms with Crippen molar-refractivity contribution in [3.8, 4) is 0 Å². The lowest BCUT2D eigenvalue weighted by Gasteiger charge is -2.63. The van der Waals surface area contributed by atoms with E-state index in [9.17, 15) is 15.0 Å². The average Bonchev–Trinajstić information content (AvgIpc) is 2.13. The van der Waals surface area contributed by atoms with Crippen LogP contribution >= 0.6 is 0 Å². The molecular formula is C13H20O3. The third-order valence-electron chi connectivity index (χ3n) is 5.36. The van der Waals surface area contributed by atoms with Crippen LogP contribution < -0.4 is 0 Å². The molecule has 0 saturated heterocycles. The van der Waals surface area contributed by atoms with Crippen molar-refractivity contribution in [2.24, 2.45) is 16.7 Å². The van der Waals surface area contributed by atoms with Gasteiger partial charge in [0.1, 0.15) is 0 Å². The van der Waals surface area contributed by atoms with Crippen LogP contribution in [0.15, 0.2) is 0 Å². The van der Waals surface area contributed by atoms with Crippen LogP contribution in [0.1, 0.15) is 51.9 Å². The lowest BCUT2D eigenvalue weighted by atomic mass is 9.42. The second-order valence-corrected chi connectivity index (χ2v) is 6.67. The van der Waals surface area contributed by atoms with E-state index in [0.717, 1.165) is 38.5 Å². The Kier molecular flexibility index (Phi) is 1.86. The number of hydrogen-bond donors (Lipinski definition) is 2. The maximum atomic E-state index is 11.5. The van der Waals surface area contributed by atoms with Crippen molar-refractivity contribution in [3.63, 3.8) is 0 Å². The molecule has 0 aromatic heterocycles. The van der Waals surface area contributed by atoms with E-state index in [0.29, 0.717) is 12.3 Å². The quantitative estimate of drug-likeness (QED) is 0.756. The van der Waals surface area contributed by atoms with Gasteiger partial charge in [0.25, 0.3) is 0 Å². The van der Waals surface area contributed by atoms with E-state index in [1.54, 1.807) is 0 Å². The molecule has 0 aromatic carbocycles. The van der Waals surface area contributed by atoms with Gasteiger partial charge < -0.3 is 10.2 Å². The predicted molar refractivity (Wildman–Crippen MR) is 58.9 cm³/mol. The first-order valence-electron chi connectivity index (χ1n) is 6.37. The Morgan fingerprint density at radius 3 is 2.56 bits per heavy atom. The van der Waals surface area contributed by atoms with Crippen LogP contribution in [0.3, 0.4) is 0 Å². The fourth-order valence-corrected chi connectivity index (χ4v) is 5.22. The fourth-order valence-electron chi connectivity index (χ4n) is 5.22. The van der Waals surface area contributed by atoms with Crippen molar-refractivity contribution in [2.75, 3.05) is 0 Å². The molecule has 4 bridgehead atoms. The molecule has 0 radical (unpaired) electrons. The zero-order valence-electron chi connectivity index (χ0n) is 9.83. The van der Waals surface area contributed by atoms with Gasteiger partial charge in [-0.15, -0.1) is 0 Å². The molecule has 0 unspecified atom stereocenters. The van der Waals surface area contributed by atoms with Crippen molar-refractivity contribution in [1.82, 2.24) is 0 Å². The zero-order valence-corrected chi connectivity index (χ0v) is 9.83. The Labute approximate surface area is 95.9 Å². The van der Waals surface area contributed by atoms with Gasteiger partial charge in [-0.2, -0.15) is 0 Å². The van der Waals surface area contributed by atoms with Gasteiger partial charge in [0.2, 0.25) is 0 Å². The highest BCUT2D eigenvalue weighted by molar-refractivity contribution is 5.75. The lowest BCUT2D eigenvalue weighted by Crippen LogP contribution is -2.62. The van der Waals surface area contributed by atoms with E-state index in [1.165, 1.54) is 0 Å². The predicted octanol–water partition coefficient (Wildman–Crippen LogP) is 2.18. The molecule has 3 nitrogen and oxygen atoms in total. The maximum Gasteiger partial charge on any atom is 0.309 e. The minimum atomic E-state index is -0.673. The molecule has 2 N–H and O–H groups in total. The van der Waals surface area contributed by atoms with Crippen molar-refractivity contribution in [1.29, 1.82) is 0 Å². The fraction of sp³-hybridized carbons (Fsp3) is 0.923. The SMILES string of the molecule is CC[C@]12C[C@H]3C[C@@](O)(C1)C[C@@](C(=O)O)(C3)C2. The van der Waals surface area contributed by atoms with Crippen molar-refractivity contribution in [3.05, 3.63) is 0 Å². The van der Waals surface area contributed by atoms with Crippen LogP contribution in [0.5, 0.6) is 0 Å². The molecule has 0 aliphatic heterocycles. The highest BCUT2D eigenvalue weighted by atomic mass is 16.4. The molecule has 90 valence electrons. The molecule has 4 aliphatic carbocycles.